The van der Waals surface area contributed by atoms with Gasteiger partial charge in [0.25, 0.3) is 0 Å². The number of halogens is 1. The fourth-order valence-electron chi connectivity index (χ4n) is 1.50. The molecule has 0 spiro atoms. The molecule has 0 fully saturated rings. The zero-order valence-corrected chi connectivity index (χ0v) is 9.13. The fourth-order valence-corrected chi connectivity index (χ4v) is 1.50. The van der Waals surface area contributed by atoms with Gasteiger partial charge in [0.15, 0.2) is 0 Å². The minimum Gasteiger partial charge on any atom is -0.478 e. The van der Waals surface area contributed by atoms with Gasteiger partial charge in [0.2, 0.25) is 5.78 Å². The number of pyridine rings is 1. The van der Waals surface area contributed by atoms with E-state index in [2.05, 4.69) is 4.98 Å². The van der Waals surface area contributed by atoms with E-state index in [0.29, 0.717) is 0 Å². The van der Waals surface area contributed by atoms with Gasteiger partial charge in [-0.05, 0) is 36.4 Å². The van der Waals surface area contributed by atoms with Crippen LogP contribution in [0.3, 0.4) is 0 Å². The first-order valence-corrected chi connectivity index (χ1v) is 5.08. The molecule has 4 nitrogen and oxygen atoms in total. The summed E-state index contributed by atoms with van der Waals surface area (Å²) in [6.45, 7) is 0. The molecule has 1 heterocycles. The quantitative estimate of drug-likeness (QED) is 0.841. The Morgan fingerprint density at radius 3 is 2.39 bits per heavy atom. The van der Waals surface area contributed by atoms with E-state index < -0.39 is 17.6 Å². The summed E-state index contributed by atoms with van der Waals surface area (Å²) in [5, 5.41) is 8.95. The average molecular weight is 245 g/mol. The second-order valence-corrected chi connectivity index (χ2v) is 3.54. The van der Waals surface area contributed by atoms with E-state index in [9.17, 15) is 14.0 Å². The molecule has 5 heteroatoms. The molecular formula is C13H8FNO3. The van der Waals surface area contributed by atoms with Crippen molar-refractivity contribution in [2.75, 3.05) is 0 Å². The lowest BCUT2D eigenvalue weighted by molar-refractivity contribution is 0.0692. The van der Waals surface area contributed by atoms with Gasteiger partial charge in [-0.3, -0.25) is 9.78 Å². The highest BCUT2D eigenvalue weighted by atomic mass is 19.1. The highest BCUT2D eigenvalue weighted by Gasteiger charge is 2.18. The second-order valence-electron chi connectivity index (χ2n) is 3.54. The molecule has 0 atom stereocenters. The molecule has 0 radical (unpaired) electrons. The van der Waals surface area contributed by atoms with Crippen molar-refractivity contribution in [1.29, 1.82) is 0 Å². The minimum atomic E-state index is -1.23. The van der Waals surface area contributed by atoms with Crippen molar-refractivity contribution in [3.05, 3.63) is 65.2 Å². The first kappa shape index (κ1) is 11.9. The topological polar surface area (TPSA) is 67.3 Å². The molecule has 0 saturated carbocycles. The van der Waals surface area contributed by atoms with Gasteiger partial charge in [-0.25, -0.2) is 9.18 Å². The second kappa shape index (κ2) is 4.75. The third kappa shape index (κ3) is 2.24. The van der Waals surface area contributed by atoms with Gasteiger partial charge in [-0.2, -0.15) is 0 Å². The third-order valence-electron chi connectivity index (χ3n) is 2.36. The van der Waals surface area contributed by atoms with Gasteiger partial charge in [0, 0.05) is 11.8 Å². The number of aromatic nitrogens is 1. The fraction of sp³-hybridized carbons (Fsp3) is 0. The molecule has 1 aromatic heterocycles. The summed E-state index contributed by atoms with van der Waals surface area (Å²) in [5.41, 5.74) is -0.138. The van der Waals surface area contributed by atoms with Crippen LogP contribution < -0.4 is 0 Å². The van der Waals surface area contributed by atoms with Crippen LogP contribution in [-0.4, -0.2) is 21.8 Å². The number of rotatable bonds is 3. The van der Waals surface area contributed by atoms with Crippen LogP contribution in [0.5, 0.6) is 0 Å². The zero-order valence-electron chi connectivity index (χ0n) is 9.13. The lowest BCUT2D eigenvalue weighted by Crippen LogP contribution is -2.11. The van der Waals surface area contributed by atoms with Crippen molar-refractivity contribution in [3.8, 4) is 0 Å². The molecule has 90 valence electrons. The summed E-state index contributed by atoms with van der Waals surface area (Å²) < 4.78 is 12.7. The van der Waals surface area contributed by atoms with Gasteiger partial charge in [0.05, 0.1) is 5.56 Å². The van der Waals surface area contributed by atoms with Crippen LogP contribution in [-0.2, 0) is 0 Å². The molecule has 0 aliphatic carbocycles. The highest BCUT2D eigenvalue weighted by molar-refractivity contribution is 6.12. The van der Waals surface area contributed by atoms with Gasteiger partial charge in [-0.1, -0.05) is 0 Å². The number of carbonyl (C=O) groups is 2. The molecule has 0 saturated heterocycles. The predicted octanol–water partition coefficient (Wildman–Crippen LogP) is 2.15. The third-order valence-corrected chi connectivity index (χ3v) is 2.36. The Morgan fingerprint density at radius 2 is 1.78 bits per heavy atom. The maximum Gasteiger partial charge on any atom is 0.338 e. The Bertz CT molecular complexity index is 608. The van der Waals surface area contributed by atoms with Crippen molar-refractivity contribution in [2.24, 2.45) is 0 Å². The molecule has 1 N–H and O–H groups in total. The van der Waals surface area contributed by atoms with E-state index >= 15 is 0 Å². The Hall–Kier alpha value is -2.56. The number of nitrogens with zero attached hydrogens (tertiary/aromatic N) is 1. The van der Waals surface area contributed by atoms with E-state index in [1.807, 2.05) is 0 Å². The molecule has 0 aliphatic rings. The number of carbonyl (C=O) groups excluding carboxylic acids is 1. The Balaban J connectivity index is 2.46. The molecule has 0 unspecified atom stereocenters. The molecule has 0 amide bonds. The van der Waals surface area contributed by atoms with Crippen LogP contribution in [0, 0.1) is 5.82 Å². The van der Waals surface area contributed by atoms with E-state index in [4.69, 9.17) is 5.11 Å². The van der Waals surface area contributed by atoms with E-state index in [1.54, 1.807) is 0 Å². The van der Waals surface area contributed by atoms with Crippen LogP contribution in [0.4, 0.5) is 4.39 Å². The largest absolute Gasteiger partial charge is 0.478 e. The summed E-state index contributed by atoms with van der Waals surface area (Å²) in [6, 6.07) is 7.58. The summed E-state index contributed by atoms with van der Waals surface area (Å²) in [6.07, 6.45) is 1.34. The van der Waals surface area contributed by atoms with E-state index in [0.717, 1.165) is 12.1 Å². The lowest BCUT2D eigenvalue weighted by Gasteiger charge is -2.03. The van der Waals surface area contributed by atoms with Crippen LogP contribution in [0.1, 0.15) is 26.4 Å². The molecule has 0 aliphatic heterocycles. The number of aromatic carboxylic acids is 1. The maximum atomic E-state index is 12.7. The first-order valence-electron chi connectivity index (χ1n) is 5.08. The van der Waals surface area contributed by atoms with E-state index in [1.165, 1.54) is 30.5 Å². The van der Waals surface area contributed by atoms with Crippen LogP contribution >= 0.6 is 0 Å². The van der Waals surface area contributed by atoms with Crippen molar-refractivity contribution < 1.29 is 19.1 Å². The number of hydrogen-bond donors (Lipinski definition) is 1. The van der Waals surface area contributed by atoms with Gasteiger partial charge in [-0.15, -0.1) is 0 Å². The maximum absolute atomic E-state index is 12.7. The average Bonchev–Trinajstić information content (AvgIpc) is 2.39. The summed E-state index contributed by atoms with van der Waals surface area (Å²) in [4.78, 5) is 26.8. The monoisotopic (exact) mass is 245 g/mol. The number of ketones is 1. The van der Waals surface area contributed by atoms with Gasteiger partial charge >= 0.3 is 5.97 Å². The molecular weight excluding hydrogens is 237 g/mol. The van der Waals surface area contributed by atoms with Crippen molar-refractivity contribution in [2.45, 2.75) is 0 Å². The van der Waals surface area contributed by atoms with Gasteiger partial charge < -0.3 is 5.11 Å². The van der Waals surface area contributed by atoms with Gasteiger partial charge in [0.1, 0.15) is 11.5 Å². The van der Waals surface area contributed by atoms with Crippen LogP contribution in [0.2, 0.25) is 0 Å². The van der Waals surface area contributed by atoms with Crippen molar-refractivity contribution >= 4 is 11.8 Å². The lowest BCUT2D eigenvalue weighted by atomic mass is 10.0. The van der Waals surface area contributed by atoms with Crippen molar-refractivity contribution in [3.63, 3.8) is 0 Å². The first-order chi connectivity index (χ1) is 8.59. The molecule has 2 rings (SSSR count). The Morgan fingerprint density at radius 1 is 1.11 bits per heavy atom. The van der Waals surface area contributed by atoms with Crippen molar-refractivity contribution in [1.82, 2.24) is 4.98 Å². The number of carboxylic acid groups (broad SMARTS) is 1. The highest BCUT2D eigenvalue weighted by Crippen LogP contribution is 2.13. The molecule has 0 bridgehead atoms. The van der Waals surface area contributed by atoms with Crippen LogP contribution in [0.25, 0.3) is 0 Å². The Labute approximate surface area is 102 Å². The summed E-state index contributed by atoms with van der Waals surface area (Å²) in [7, 11) is 0. The molecule has 2 aromatic rings. The number of benzene rings is 1. The summed E-state index contributed by atoms with van der Waals surface area (Å²) in [5.74, 6) is -2.24. The predicted molar refractivity (Wildman–Crippen MR) is 61.0 cm³/mol. The Kier molecular flexibility index (Phi) is 3.14. The smallest absolute Gasteiger partial charge is 0.338 e. The standard InChI is InChI=1S/C13H8FNO3/c14-9-5-3-8(4-6-9)12(16)11-10(13(17)18)2-1-7-15-11/h1-7H,(H,17,18). The normalized spacial score (nSPS) is 10.1. The number of carboxylic acids is 1. The SMILES string of the molecule is O=C(O)c1cccnc1C(=O)c1ccc(F)cc1. The summed E-state index contributed by atoms with van der Waals surface area (Å²) >= 11 is 0. The molecule has 1 aromatic carbocycles. The molecule has 18 heavy (non-hydrogen) atoms. The van der Waals surface area contributed by atoms with E-state index in [-0.39, 0.29) is 16.8 Å². The number of hydrogen-bond acceptors (Lipinski definition) is 3. The minimum absolute atomic E-state index is 0.156. The zero-order chi connectivity index (χ0) is 13.1. The van der Waals surface area contributed by atoms with Crippen LogP contribution in [0.15, 0.2) is 42.6 Å².